The van der Waals surface area contributed by atoms with Gasteiger partial charge in [0.05, 0.1) is 12.1 Å². The number of nitrogens with zero attached hydrogens (tertiary/aromatic N) is 4. The van der Waals surface area contributed by atoms with Gasteiger partial charge >= 0.3 is 18.2 Å². The molecule has 1 aromatic heterocycles. The first-order valence-electron chi connectivity index (χ1n) is 11.5. The van der Waals surface area contributed by atoms with Gasteiger partial charge in [0.1, 0.15) is 0 Å². The van der Waals surface area contributed by atoms with E-state index < -0.39 is 32.5 Å². The Labute approximate surface area is 204 Å². The van der Waals surface area contributed by atoms with E-state index in [4.69, 9.17) is 4.43 Å². The van der Waals surface area contributed by atoms with Gasteiger partial charge in [-0.05, 0) is 36.2 Å². The zero-order chi connectivity index (χ0) is 26.2. The molecule has 194 valence electrons. The quantitative estimate of drug-likeness (QED) is 0.488. The predicted octanol–water partition coefficient (Wildman–Crippen LogP) is 5.50. The average Bonchev–Trinajstić information content (AvgIpc) is 3.40. The largest absolute Gasteiger partial charge is 0.471 e. The van der Waals surface area contributed by atoms with E-state index in [1.54, 1.807) is 24.3 Å². The van der Waals surface area contributed by atoms with Crippen LogP contribution in [0, 0.1) is 0 Å². The Hall–Kier alpha value is -2.44. The van der Waals surface area contributed by atoms with Crippen LogP contribution in [0.1, 0.15) is 44.7 Å². The Balaban J connectivity index is 1.79. The highest BCUT2D eigenvalue weighted by atomic mass is 28.4. The van der Waals surface area contributed by atoms with Gasteiger partial charge < -0.3 is 19.0 Å². The van der Waals surface area contributed by atoms with Crippen LogP contribution in [0.15, 0.2) is 28.8 Å². The molecule has 1 fully saturated rings. The first kappa shape index (κ1) is 27.1. The Bertz CT molecular complexity index is 1040. The third kappa shape index (κ3) is 6.41. The fourth-order valence-corrected chi connectivity index (χ4v) is 5.20. The molecule has 35 heavy (non-hydrogen) atoms. The molecule has 0 aliphatic carbocycles. The molecular weight excluding hydrogens is 481 g/mol. The van der Waals surface area contributed by atoms with Crippen molar-refractivity contribution < 1.29 is 32.0 Å². The summed E-state index contributed by atoms with van der Waals surface area (Å²) in [6.07, 6.45) is -4.90. The van der Waals surface area contributed by atoms with Gasteiger partial charge in [-0.15, -0.1) is 0 Å². The van der Waals surface area contributed by atoms with Crippen LogP contribution in [0.25, 0.3) is 11.4 Å². The lowest BCUT2D eigenvalue weighted by molar-refractivity contribution is -0.159. The Morgan fingerprint density at radius 1 is 1.34 bits per heavy atom. The zero-order valence-corrected chi connectivity index (χ0v) is 21.9. The lowest BCUT2D eigenvalue weighted by Gasteiger charge is -2.38. The molecular formula is C23H33F3N4O4Si. The summed E-state index contributed by atoms with van der Waals surface area (Å²) >= 11 is 0. The van der Waals surface area contributed by atoms with Gasteiger partial charge in [0.2, 0.25) is 5.82 Å². The zero-order valence-electron chi connectivity index (χ0n) is 20.9. The molecule has 1 aliphatic rings. The number of hydrogen-bond acceptors (Lipinski definition) is 6. The van der Waals surface area contributed by atoms with Crippen molar-refractivity contribution in [2.45, 2.75) is 63.6 Å². The van der Waals surface area contributed by atoms with Crippen molar-refractivity contribution in [1.82, 2.24) is 19.9 Å². The number of rotatable bonds is 7. The van der Waals surface area contributed by atoms with E-state index in [-0.39, 0.29) is 17.0 Å². The highest BCUT2D eigenvalue weighted by Crippen LogP contribution is 2.38. The van der Waals surface area contributed by atoms with Gasteiger partial charge in [0, 0.05) is 32.2 Å². The SMILES string of the molecule is CN(C(=O)O)[C@H](CN1CCC(O[Si](C)(C)C(C)(C)C)C1)c1cccc(-c2noc(C(F)(F)F)n2)c1. The number of benzene rings is 1. The average molecular weight is 515 g/mol. The summed E-state index contributed by atoms with van der Waals surface area (Å²) in [5.41, 5.74) is 0.936. The molecule has 1 aromatic carbocycles. The van der Waals surface area contributed by atoms with Crippen molar-refractivity contribution in [1.29, 1.82) is 0 Å². The summed E-state index contributed by atoms with van der Waals surface area (Å²) in [5, 5.41) is 13.2. The molecule has 0 spiro atoms. The molecule has 2 heterocycles. The standard InChI is InChI=1S/C23H33F3N4O4Si/c1-22(2,3)35(5,6)34-17-10-11-30(13-17)14-18(29(4)21(31)32)15-8-7-9-16(12-15)19-27-20(33-28-19)23(24,25)26/h7-9,12,17-18H,10-11,13-14H2,1-6H3,(H,31,32)/t17?,18-/m1/s1. The fraction of sp³-hybridized carbons (Fsp3) is 0.609. The monoisotopic (exact) mass is 514 g/mol. The number of carboxylic acid groups (broad SMARTS) is 1. The minimum absolute atomic E-state index is 0.0816. The lowest BCUT2D eigenvalue weighted by Crippen LogP contribution is -2.45. The molecule has 0 saturated carbocycles. The van der Waals surface area contributed by atoms with Crippen LogP contribution < -0.4 is 0 Å². The summed E-state index contributed by atoms with van der Waals surface area (Å²) in [7, 11) is -0.452. The summed E-state index contributed by atoms with van der Waals surface area (Å²) in [4.78, 5) is 18.7. The third-order valence-corrected chi connectivity index (χ3v) is 11.4. The van der Waals surface area contributed by atoms with E-state index in [2.05, 4.69) is 53.4 Å². The molecule has 1 N–H and O–H groups in total. The molecule has 0 bridgehead atoms. The Morgan fingerprint density at radius 3 is 2.60 bits per heavy atom. The topological polar surface area (TPSA) is 91.9 Å². The number of likely N-dealkylation sites (tertiary alicyclic amines) is 1. The number of carbonyl (C=O) groups is 1. The molecule has 1 aliphatic heterocycles. The van der Waals surface area contributed by atoms with Crippen molar-refractivity contribution >= 4 is 14.4 Å². The van der Waals surface area contributed by atoms with Crippen molar-refractivity contribution in [3.05, 3.63) is 35.7 Å². The molecule has 12 heteroatoms. The fourth-order valence-electron chi connectivity index (χ4n) is 3.82. The summed E-state index contributed by atoms with van der Waals surface area (Å²) < 4.78 is 49.5. The maximum absolute atomic E-state index is 12.9. The highest BCUT2D eigenvalue weighted by molar-refractivity contribution is 6.74. The second kappa shape index (κ2) is 9.90. The number of likely N-dealkylation sites (N-methyl/N-ethyl adjacent to an activating group) is 1. The predicted molar refractivity (Wildman–Crippen MR) is 126 cm³/mol. The second-order valence-corrected chi connectivity index (χ2v) is 15.3. The van der Waals surface area contributed by atoms with Crippen LogP contribution in [0.5, 0.6) is 0 Å². The summed E-state index contributed by atoms with van der Waals surface area (Å²) in [5.74, 6) is -1.64. The van der Waals surface area contributed by atoms with E-state index in [0.29, 0.717) is 24.2 Å². The van der Waals surface area contributed by atoms with E-state index in [1.165, 1.54) is 11.9 Å². The first-order chi connectivity index (χ1) is 16.1. The number of alkyl halides is 3. The summed E-state index contributed by atoms with van der Waals surface area (Å²) in [6, 6.07) is 6.01. The van der Waals surface area contributed by atoms with E-state index in [0.717, 1.165) is 13.0 Å². The van der Waals surface area contributed by atoms with Crippen LogP contribution in [0.4, 0.5) is 18.0 Å². The van der Waals surface area contributed by atoms with Crippen molar-refractivity contribution in [3.8, 4) is 11.4 Å². The van der Waals surface area contributed by atoms with Crippen LogP contribution in [-0.2, 0) is 10.6 Å². The number of hydrogen-bond donors (Lipinski definition) is 1. The Kier molecular flexibility index (Phi) is 7.68. The number of amides is 1. The first-order valence-corrected chi connectivity index (χ1v) is 14.4. The number of halogens is 3. The molecule has 8 nitrogen and oxygen atoms in total. The molecule has 3 rings (SSSR count). The maximum Gasteiger partial charge on any atom is 0.471 e. The molecule has 2 aromatic rings. The summed E-state index contributed by atoms with van der Waals surface area (Å²) in [6.45, 7) is 12.9. The van der Waals surface area contributed by atoms with E-state index >= 15 is 0 Å². The molecule has 0 radical (unpaired) electrons. The minimum Gasteiger partial charge on any atom is -0.465 e. The van der Waals surface area contributed by atoms with Crippen LogP contribution in [0.2, 0.25) is 18.1 Å². The molecule has 2 atom stereocenters. The smallest absolute Gasteiger partial charge is 0.465 e. The molecule has 1 unspecified atom stereocenters. The van der Waals surface area contributed by atoms with Gasteiger partial charge in [0.15, 0.2) is 8.32 Å². The lowest BCUT2D eigenvalue weighted by atomic mass is 10.0. The Morgan fingerprint density at radius 2 is 2.03 bits per heavy atom. The van der Waals surface area contributed by atoms with Gasteiger partial charge in [-0.25, -0.2) is 4.79 Å². The molecule has 1 amide bonds. The van der Waals surface area contributed by atoms with Gasteiger partial charge in [0.25, 0.3) is 0 Å². The van der Waals surface area contributed by atoms with Crippen LogP contribution in [0.3, 0.4) is 0 Å². The highest BCUT2D eigenvalue weighted by Gasteiger charge is 2.41. The normalized spacial score (nSPS) is 18.6. The van der Waals surface area contributed by atoms with Crippen LogP contribution in [-0.4, -0.2) is 72.2 Å². The van der Waals surface area contributed by atoms with Gasteiger partial charge in [-0.3, -0.25) is 4.90 Å². The van der Waals surface area contributed by atoms with Crippen LogP contribution >= 0.6 is 0 Å². The third-order valence-electron chi connectivity index (χ3n) is 6.90. The van der Waals surface area contributed by atoms with Gasteiger partial charge in [-0.1, -0.05) is 44.1 Å². The van der Waals surface area contributed by atoms with Crippen molar-refractivity contribution in [3.63, 3.8) is 0 Å². The molecule has 1 saturated heterocycles. The second-order valence-electron chi connectivity index (χ2n) is 10.5. The van der Waals surface area contributed by atoms with E-state index in [1.807, 2.05) is 0 Å². The van der Waals surface area contributed by atoms with E-state index in [9.17, 15) is 23.1 Å². The van der Waals surface area contributed by atoms with Crippen molar-refractivity contribution in [2.24, 2.45) is 0 Å². The maximum atomic E-state index is 12.9. The number of aromatic nitrogens is 2. The van der Waals surface area contributed by atoms with Crippen molar-refractivity contribution in [2.75, 3.05) is 26.7 Å². The minimum atomic E-state index is -4.74. The van der Waals surface area contributed by atoms with Gasteiger partial charge in [-0.2, -0.15) is 18.2 Å².